The van der Waals surface area contributed by atoms with Crippen molar-refractivity contribution in [3.63, 3.8) is 0 Å². The van der Waals surface area contributed by atoms with E-state index in [0.29, 0.717) is 10.4 Å². The summed E-state index contributed by atoms with van der Waals surface area (Å²) in [6, 6.07) is 3.15. The van der Waals surface area contributed by atoms with Crippen molar-refractivity contribution < 1.29 is 19.1 Å². The fourth-order valence-corrected chi connectivity index (χ4v) is 1.02. The summed E-state index contributed by atoms with van der Waals surface area (Å²) in [6.45, 7) is 0. The molecule has 0 fully saturated rings. The van der Waals surface area contributed by atoms with Crippen LogP contribution in [0, 0.1) is 0 Å². The van der Waals surface area contributed by atoms with Crippen molar-refractivity contribution in [3.8, 4) is 0 Å². The Morgan fingerprint density at radius 2 is 2.17 bits per heavy atom. The Morgan fingerprint density at radius 1 is 1.50 bits per heavy atom. The molecule has 0 aliphatic heterocycles. The molecule has 1 rings (SSSR count). The molecule has 0 saturated carbocycles. The van der Waals surface area contributed by atoms with Crippen molar-refractivity contribution in [2.45, 2.75) is 6.42 Å². The van der Waals surface area contributed by atoms with Gasteiger partial charge in [-0.15, -0.1) is 0 Å². The lowest BCUT2D eigenvalue weighted by atomic mass is 10.2. The number of hydrogen-bond acceptors (Lipinski definition) is 3. The standard InChI is InChI=1S/C7H5BrO4/c8-6-2-1-4(12-6)3-5(9)7(10)11/h1-2H,3H2,(H,10,11). The van der Waals surface area contributed by atoms with Crippen molar-refractivity contribution in [2.24, 2.45) is 0 Å². The monoisotopic (exact) mass is 232 g/mol. The van der Waals surface area contributed by atoms with Gasteiger partial charge in [-0.2, -0.15) is 0 Å². The van der Waals surface area contributed by atoms with Gasteiger partial charge in [-0.3, -0.25) is 4.79 Å². The molecule has 1 aromatic rings. The van der Waals surface area contributed by atoms with Crippen LogP contribution < -0.4 is 0 Å². The first-order valence-electron chi connectivity index (χ1n) is 3.10. The highest BCUT2D eigenvalue weighted by Crippen LogP contribution is 2.14. The Labute approximate surface area is 76.3 Å². The predicted molar refractivity (Wildman–Crippen MR) is 42.8 cm³/mol. The van der Waals surface area contributed by atoms with Crippen LogP contribution in [0.3, 0.4) is 0 Å². The van der Waals surface area contributed by atoms with Crippen molar-refractivity contribution in [1.29, 1.82) is 0 Å². The van der Waals surface area contributed by atoms with Gasteiger partial charge in [0.15, 0.2) is 4.67 Å². The van der Waals surface area contributed by atoms with Crippen LogP contribution in [0.4, 0.5) is 0 Å². The van der Waals surface area contributed by atoms with Gasteiger partial charge in [-0.05, 0) is 28.1 Å². The van der Waals surface area contributed by atoms with E-state index in [1.807, 2.05) is 0 Å². The second-order valence-electron chi connectivity index (χ2n) is 2.11. The molecule has 0 saturated heterocycles. The molecule has 0 atom stereocenters. The highest BCUT2D eigenvalue weighted by atomic mass is 79.9. The van der Waals surface area contributed by atoms with Crippen molar-refractivity contribution >= 4 is 27.7 Å². The first-order chi connectivity index (χ1) is 5.59. The number of carbonyl (C=O) groups excluding carboxylic acids is 1. The largest absolute Gasteiger partial charge is 0.475 e. The quantitative estimate of drug-likeness (QED) is 0.797. The summed E-state index contributed by atoms with van der Waals surface area (Å²) in [5.74, 6) is -1.98. The smallest absolute Gasteiger partial charge is 0.372 e. The molecule has 64 valence electrons. The lowest BCUT2D eigenvalue weighted by Crippen LogP contribution is -2.14. The maximum atomic E-state index is 10.6. The molecule has 0 spiro atoms. The van der Waals surface area contributed by atoms with E-state index in [0.717, 1.165) is 0 Å². The normalized spacial score (nSPS) is 9.75. The lowest BCUT2D eigenvalue weighted by Gasteiger charge is -1.89. The second-order valence-corrected chi connectivity index (χ2v) is 2.89. The minimum absolute atomic E-state index is 0.207. The molecular weight excluding hydrogens is 228 g/mol. The van der Waals surface area contributed by atoms with E-state index in [9.17, 15) is 9.59 Å². The number of halogens is 1. The topological polar surface area (TPSA) is 67.5 Å². The number of hydrogen-bond donors (Lipinski definition) is 1. The molecule has 0 radical (unpaired) electrons. The average Bonchev–Trinajstić information content (AvgIpc) is 2.35. The third kappa shape index (κ3) is 2.20. The minimum Gasteiger partial charge on any atom is -0.475 e. The molecule has 1 heterocycles. The number of aliphatic carboxylic acids is 1. The number of furan rings is 1. The number of carbonyl (C=O) groups is 2. The van der Waals surface area contributed by atoms with Crippen LogP contribution in [-0.2, 0) is 16.0 Å². The van der Waals surface area contributed by atoms with Crippen LogP contribution in [0.5, 0.6) is 0 Å². The van der Waals surface area contributed by atoms with Crippen LogP contribution >= 0.6 is 15.9 Å². The zero-order valence-electron chi connectivity index (χ0n) is 5.91. The molecule has 1 N–H and O–H groups in total. The van der Waals surface area contributed by atoms with E-state index in [1.165, 1.54) is 0 Å². The summed E-state index contributed by atoms with van der Waals surface area (Å²) >= 11 is 3.03. The van der Waals surface area contributed by atoms with Gasteiger partial charge in [-0.25, -0.2) is 4.79 Å². The fourth-order valence-electron chi connectivity index (χ4n) is 0.681. The minimum atomic E-state index is -1.44. The zero-order valence-corrected chi connectivity index (χ0v) is 7.50. The van der Waals surface area contributed by atoms with Crippen LogP contribution in [0.2, 0.25) is 0 Å². The molecule has 0 unspecified atom stereocenters. The second kappa shape index (κ2) is 3.53. The van der Waals surface area contributed by atoms with E-state index in [2.05, 4.69) is 15.9 Å². The van der Waals surface area contributed by atoms with Gasteiger partial charge in [0.1, 0.15) is 5.76 Å². The Hall–Kier alpha value is -1.10. The third-order valence-electron chi connectivity index (χ3n) is 1.20. The lowest BCUT2D eigenvalue weighted by molar-refractivity contribution is -0.148. The van der Waals surface area contributed by atoms with Crippen molar-refractivity contribution in [1.82, 2.24) is 0 Å². The maximum Gasteiger partial charge on any atom is 0.372 e. The molecule has 1 aromatic heterocycles. The molecular formula is C7H5BrO4. The molecule has 12 heavy (non-hydrogen) atoms. The first kappa shape index (κ1) is 8.99. The van der Waals surface area contributed by atoms with Crippen LogP contribution in [0.15, 0.2) is 21.2 Å². The molecule has 0 amide bonds. The first-order valence-corrected chi connectivity index (χ1v) is 3.89. The fraction of sp³-hybridized carbons (Fsp3) is 0.143. The molecule has 0 bridgehead atoms. The Morgan fingerprint density at radius 3 is 2.58 bits per heavy atom. The summed E-state index contributed by atoms with van der Waals surface area (Å²) in [6.07, 6.45) is -0.207. The van der Waals surface area contributed by atoms with Gasteiger partial charge >= 0.3 is 5.97 Å². The predicted octanol–water partition coefficient (Wildman–Crippen LogP) is 1.24. The highest BCUT2D eigenvalue weighted by Gasteiger charge is 2.13. The number of carboxylic acids is 1. The summed E-state index contributed by atoms with van der Waals surface area (Å²) in [5, 5.41) is 8.25. The van der Waals surface area contributed by atoms with Gasteiger partial charge in [0.05, 0.1) is 6.42 Å². The van der Waals surface area contributed by atoms with E-state index >= 15 is 0 Å². The Kier molecular flexibility index (Phi) is 2.65. The Bertz CT molecular complexity index is 315. The summed E-state index contributed by atoms with van der Waals surface area (Å²) in [4.78, 5) is 20.8. The van der Waals surface area contributed by atoms with E-state index in [-0.39, 0.29) is 6.42 Å². The number of Topliss-reactive ketones (excluding diaryl/α,β-unsaturated/α-hetero) is 1. The average molecular weight is 233 g/mol. The van der Waals surface area contributed by atoms with Crippen LogP contribution in [0.1, 0.15) is 5.76 Å². The maximum absolute atomic E-state index is 10.6. The van der Waals surface area contributed by atoms with Crippen molar-refractivity contribution in [3.05, 3.63) is 22.6 Å². The van der Waals surface area contributed by atoms with Crippen LogP contribution in [0.25, 0.3) is 0 Å². The molecule has 0 aromatic carbocycles. The molecule has 5 heteroatoms. The van der Waals surface area contributed by atoms with Gasteiger partial charge in [0, 0.05) is 0 Å². The van der Waals surface area contributed by atoms with E-state index in [4.69, 9.17) is 9.52 Å². The van der Waals surface area contributed by atoms with E-state index in [1.54, 1.807) is 12.1 Å². The van der Waals surface area contributed by atoms with Gasteiger partial charge < -0.3 is 9.52 Å². The van der Waals surface area contributed by atoms with E-state index < -0.39 is 11.8 Å². The summed E-state index contributed by atoms with van der Waals surface area (Å²) in [7, 11) is 0. The number of ketones is 1. The van der Waals surface area contributed by atoms with Crippen molar-refractivity contribution in [2.75, 3.05) is 0 Å². The number of rotatable bonds is 3. The van der Waals surface area contributed by atoms with Gasteiger partial charge in [-0.1, -0.05) is 0 Å². The Balaban J connectivity index is 2.64. The summed E-state index contributed by atoms with van der Waals surface area (Å²) < 4.78 is 5.42. The molecule has 0 aliphatic rings. The number of carboxylic acid groups (broad SMARTS) is 1. The third-order valence-corrected chi connectivity index (χ3v) is 1.63. The van der Waals surface area contributed by atoms with Crippen LogP contribution in [-0.4, -0.2) is 16.9 Å². The van der Waals surface area contributed by atoms with Gasteiger partial charge in [0.25, 0.3) is 0 Å². The zero-order chi connectivity index (χ0) is 9.14. The SMILES string of the molecule is O=C(O)C(=O)Cc1ccc(Br)o1. The van der Waals surface area contributed by atoms with Gasteiger partial charge in [0.2, 0.25) is 5.78 Å². The highest BCUT2D eigenvalue weighted by molar-refractivity contribution is 9.10. The molecule has 0 aliphatic carbocycles. The molecule has 4 nitrogen and oxygen atoms in total. The summed E-state index contributed by atoms with van der Waals surface area (Å²) in [5.41, 5.74) is 0.